The largest absolute Gasteiger partial charge is 0.334 e. The molecule has 0 spiro atoms. The number of aryl methyl sites for hydroxylation is 2. The lowest BCUT2D eigenvalue weighted by Crippen LogP contribution is -2.35. The van der Waals surface area contributed by atoms with Crippen LogP contribution in [-0.2, 0) is 0 Å². The summed E-state index contributed by atoms with van der Waals surface area (Å²) in [5.74, 6) is 0.278. The first-order valence-electron chi connectivity index (χ1n) is 18.8. The summed E-state index contributed by atoms with van der Waals surface area (Å²) in [5, 5.41) is 12.6. The van der Waals surface area contributed by atoms with Gasteiger partial charge in [0.2, 0.25) is 0 Å². The van der Waals surface area contributed by atoms with Crippen LogP contribution in [0, 0.1) is 25.2 Å². The lowest BCUT2D eigenvalue weighted by molar-refractivity contribution is 0.615. The van der Waals surface area contributed by atoms with Gasteiger partial charge in [0.1, 0.15) is 0 Å². The van der Waals surface area contributed by atoms with Gasteiger partial charge < -0.3 is 9.47 Å². The van der Waals surface area contributed by atoms with Gasteiger partial charge in [0.05, 0.1) is 28.7 Å². The third-order valence-corrected chi connectivity index (χ3v) is 10.1. The molecule has 0 saturated carbocycles. The topological polar surface area (TPSA) is 32.0 Å². The van der Waals surface area contributed by atoms with Crippen molar-refractivity contribution in [3.63, 3.8) is 0 Å². The molecule has 53 heavy (non-hydrogen) atoms. The Bertz CT molecular complexity index is 2350. The fourth-order valence-electron chi connectivity index (χ4n) is 7.37. The molecule has 0 bridgehead atoms. The quantitative estimate of drug-likeness (QED) is 0.163. The van der Waals surface area contributed by atoms with E-state index < -0.39 is 0 Å². The molecule has 3 heteroatoms. The number of nitriles is 1. The van der Waals surface area contributed by atoms with E-state index in [1.165, 1.54) is 44.2 Å². The van der Waals surface area contributed by atoms with Crippen LogP contribution in [0.5, 0.6) is 0 Å². The van der Waals surface area contributed by atoms with Gasteiger partial charge in [-0.15, -0.1) is 6.58 Å². The van der Waals surface area contributed by atoms with Crippen LogP contribution in [0.3, 0.4) is 0 Å². The second-order valence-corrected chi connectivity index (χ2v) is 13.3. The monoisotopic (exact) mass is 691 g/mol. The average Bonchev–Trinajstić information content (AvgIpc) is 3.56. The lowest BCUT2D eigenvalue weighted by atomic mass is 9.84. The van der Waals surface area contributed by atoms with Crippen LogP contribution in [0.1, 0.15) is 61.8 Å². The first kappa shape index (κ1) is 36.7. The Morgan fingerprint density at radius 2 is 1.30 bits per heavy atom. The van der Waals surface area contributed by atoms with Crippen molar-refractivity contribution >= 4 is 33.2 Å². The highest BCUT2D eigenvalue weighted by Gasteiger charge is 2.31. The smallest absolute Gasteiger partial charge is 0.0992 e. The van der Waals surface area contributed by atoms with E-state index in [1.54, 1.807) is 0 Å². The van der Waals surface area contributed by atoms with E-state index in [0.717, 1.165) is 35.3 Å². The summed E-state index contributed by atoms with van der Waals surface area (Å²) >= 11 is 0. The van der Waals surface area contributed by atoms with Crippen molar-refractivity contribution in [3.8, 4) is 22.9 Å². The Labute approximate surface area is 315 Å². The summed E-state index contributed by atoms with van der Waals surface area (Å²) in [4.78, 5) is 2.41. The number of benzene rings is 6. The van der Waals surface area contributed by atoms with Crippen molar-refractivity contribution in [2.75, 3.05) is 4.90 Å². The standard InChI is InChI=1S/C40H33N3.C8H10.C2H6/c1-3-5-14-32-24-29(4-2)35-16-6-9-19-38(35)42(32)34-23-28(27-41)22-31(26-34)30-13-12-15-33(25-30)43-39-20-10-7-17-36(39)37-18-8-11-21-40(37)43;1-7-5-3-4-6-8(7)2;1-2/h4-23,25-26,29,32H,2-3,24H2,1H3;3-6H,1-2H3;1-2H3/b14-5-;;. The first-order valence-corrected chi connectivity index (χ1v) is 18.8. The third kappa shape index (κ3) is 7.59. The summed E-state index contributed by atoms with van der Waals surface area (Å²) < 4.78 is 2.34. The molecular weight excluding hydrogens is 643 g/mol. The van der Waals surface area contributed by atoms with Crippen LogP contribution in [0.4, 0.5) is 11.4 Å². The Balaban J connectivity index is 0.000000422. The van der Waals surface area contributed by atoms with Crippen molar-refractivity contribution in [1.29, 1.82) is 5.26 Å². The van der Waals surface area contributed by atoms with Crippen molar-refractivity contribution in [3.05, 3.63) is 187 Å². The third-order valence-electron chi connectivity index (χ3n) is 10.1. The fourth-order valence-corrected chi connectivity index (χ4v) is 7.37. The number of allylic oxidation sites excluding steroid dienone is 2. The number of para-hydroxylation sites is 3. The van der Waals surface area contributed by atoms with E-state index in [9.17, 15) is 5.26 Å². The highest BCUT2D eigenvalue weighted by atomic mass is 15.2. The van der Waals surface area contributed by atoms with Crippen molar-refractivity contribution in [1.82, 2.24) is 4.57 Å². The first-order chi connectivity index (χ1) is 26.0. The summed E-state index contributed by atoms with van der Waals surface area (Å²) in [7, 11) is 0. The maximum Gasteiger partial charge on any atom is 0.0992 e. The Morgan fingerprint density at radius 1 is 0.698 bits per heavy atom. The number of aromatic nitrogens is 1. The van der Waals surface area contributed by atoms with E-state index in [1.807, 2.05) is 26.0 Å². The zero-order valence-corrected chi connectivity index (χ0v) is 31.6. The van der Waals surface area contributed by atoms with E-state index in [-0.39, 0.29) is 12.0 Å². The summed E-state index contributed by atoms with van der Waals surface area (Å²) in [6, 6.07) is 51.7. The van der Waals surface area contributed by atoms with Crippen LogP contribution >= 0.6 is 0 Å². The van der Waals surface area contributed by atoms with Crippen LogP contribution in [0.15, 0.2) is 164 Å². The molecule has 1 aromatic heterocycles. The molecule has 0 saturated heterocycles. The number of hydrogen-bond acceptors (Lipinski definition) is 2. The predicted molar refractivity (Wildman–Crippen MR) is 228 cm³/mol. The van der Waals surface area contributed by atoms with Gasteiger partial charge in [0, 0.05) is 33.8 Å². The molecule has 264 valence electrons. The number of nitrogens with zero attached hydrogens (tertiary/aromatic N) is 3. The van der Waals surface area contributed by atoms with Gasteiger partial charge in [-0.1, -0.05) is 130 Å². The molecule has 2 heterocycles. The van der Waals surface area contributed by atoms with Gasteiger partial charge in [-0.2, -0.15) is 5.26 Å². The molecule has 0 aliphatic carbocycles. The summed E-state index contributed by atoms with van der Waals surface area (Å²) in [6.45, 7) is 14.6. The Hall–Kier alpha value is -6.11. The van der Waals surface area contributed by atoms with Crippen molar-refractivity contribution < 1.29 is 0 Å². The second kappa shape index (κ2) is 16.9. The van der Waals surface area contributed by atoms with Gasteiger partial charge in [0.25, 0.3) is 0 Å². The molecule has 6 aromatic carbocycles. The molecule has 1 aliphatic rings. The second-order valence-electron chi connectivity index (χ2n) is 13.3. The highest BCUT2D eigenvalue weighted by molar-refractivity contribution is 6.09. The number of hydrogen-bond donors (Lipinski definition) is 0. The van der Waals surface area contributed by atoms with Crippen molar-refractivity contribution in [2.24, 2.45) is 0 Å². The van der Waals surface area contributed by atoms with Gasteiger partial charge in [-0.25, -0.2) is 0 Å². The van der Waals surface area contributed by atoms with E-state index >= 15 is 0 Å². The molecule has 0 radical (unpaired) electrons. The molecule has 2 unspecified atom stereocenters. The number of rotatable bonds is 6. The summed E-state index contributed by atoms with van der Waals surface area (Å²) in [6.07, 6.45) is 8.54. The van der Waals surface area contributed by atoms with Crippen LogP contribution in [-0.4, -0.2) is 10.6 Å². The number of anilines is 2. The molecule has 0 N–H and O–H groups in total. The van der Waals surface area contributed by atoms with E-state index in [2.05, 4.69) is 189 Å². The molecule has 0 fully saturated rings. The fraction of sp³-hybridized carbons (Fsp3) is 0.180. The van der Waals surface area contributed by atoms with Crippen LogP contribution in [0.2, 0.25) is 0 Å². The predicted octanol–water partition coefficient (Wildman–Crippen LogP) is 13.8. The molecule has 8 rings (SSSR count). The Kier molecular flexibility index (Phi) is 11.7. The van der Waals surface area contributed by atoms with Crippen molar-refractivity contribution in [2.45, 2.75) is 59.4 Å². The molecule has 1 aliphatic heterocycles. The number of fused-ring (bicyclic) bond motifs is 4. The Morgan fingerprint density at radius 3 is 1.92 bits per heavy atom. The maximum absolute atomic E-state index is 10.2. The van der Waals surface area contributed by atoms with Crippen LogP contribution < -0.4 is 4.90 Å². The lowest BCUT2D eigenvalue weighted by Gasteiger charge is -2.41. The highest BCUT2D eigenvalue weighted by Crippen LogP contribution is 2.44. The minimum Gasteiger partial charge on any atom is -0.334 e. The van der Waals surface area contributed by atoms with Gasteiger partial charge in [-0.3, -0.25) is 0 Å². The van der Waals surface area contributed by atoms with Crippen LogP contribution in [0.25, 0.3) is 38.6 Å². The van der Waals surface area contributed by atoms with Gasteiger partial charge >= 0.3 is 0 Å². The zero-order chi connectivity index (χ0) is 37.3. The van der Waals surface area contributed by atoms with E-state index in [0.29, 0.717) is 5.56 Å². The van der Waals surface area contributed by atoms with E-state index in [4.69, 9.17) is 0 Å². The van der Waals surface area contributed by atoms with Gasteiger partial charge in [0.15, 0.2) is 0 Å². The maximum atomic E-state index is 10.2. The molecule has 3 nitrogen and oxygen atoms in total. The zero-order valence-electron chi connectivity index (χ0n) is 31.6. The normalized spacial score (nSPS) is 14.8. The molecular formula is C50H49N3. The molecule has 2 atom stereocenters. The SMILES string of the molecule is C=CC1CC(/C=C\CC)N(c2cc(C#N)cc(-c3cccc(-n4c5ccccc5c5ccccc54)c3)c2)c2ccccc21.CC.Cc1ccccc1C. The minimum absolute atomic E-state index is 0.156. The molecule has 0 amide bonds. The molecule has 7 aromatic rings. The van der Waals surface area contributed by atoms with Gasteiger partial charge in [-0.05, 0) is 103 Å². The summed E-state index contributed by atoms with van der Waals surface area (Å²) in [5.41, 5.74) is 12.4. The minimum atomic E-state index is 0.156. The average molecular weight is 692 g/mol.